The lowest BCUT2D eigenvalue weighted by Gasteiger charge is -2.36. The van der Waals surface area contributed by atoms with Crippen molar-refractivity contribution in [2.45, 2.75) is 13.0 Å². The first-order chi connectivity index (χ1) is 17.2. The summed E-state index contributed by atoms with van der Waals surface area (Å²) in [4.78, 5) is 27.1. The van der Waals surface area contributed by atoms with Crippen molar-refractivity contribution in [3.05, 3.63) is 90.0 Å². The molecular weight excluding hydrogens is 444 g/mol. The van der Waals surface area contributed by atoms with E-state index in [9.17, 15) is 4.79 Å². The zero-order chi connectivity index (χ0) is 24.3. The molecule has 0 atom stereocenters. The van der Waals surface area contributed by atoms with Gasteiger partial charge in [0.05, 0.1) is 25.0 Å². The maximum absolute atomic E-state index is 12.3. The number of benzene rings is 3. The summed E-state index contributed by atoms with van der Waals surface area (Å²) in [5.41, 5.74) is 2.48. The van der Waals surface area contributed by atoms with Gasteiger partial charge in [-0.15, -0.1) is 0 Å². The fourth-order valence-corrected chi connectivity index (χ4v) is 4.07. The topological polar surface area (TPSA) is 60.5 Å². The van der Waals surface area contributed by atoms with Gasteiger partial charge in [0.1, 0.15) is 18.1 Å². The standard InChI is InChI=1S/C28H32N2O5/c1-32-27-14-6-5-13-26(27)30-18-16-29(17-19-30)15-8-20-33-25-12-7-11-24(21-25)28(31)35-34-22-23-9-3-2-4-10-23/h2-7,9-14,21H,8,15-20,22H2,1H3. The van der Waals surface area contributed by atoms with Crippen LogP contribution in [0.25, 0.3) is 0 Å². The lowest BCUT2D eigenvalue weighted by molar-refractivity contribution is -0.250. The molecule has 0 aromatic heterocycles. The normalized spacial score (nSPS) is 13.9. The second-order valence-electron chi connectivity index (χ2n) is 8.35. The second kappa shape index (κ2) is 12.8. The van der Waals surface area contributed by atoms with E-state index in [0.29, 0.717) is 17.9 Å². The predicted octanol–water partition coefficient (Wildman–Crippen LogP) is 4.57. The molecule has 7 heteroatoms. The van der Waals surface area contributed by atoms with Crippen LogP contribution in [-0.4, -0.2) is 57.3 Å². The first kappa shape index (κ1) is 24.6. The van der Waals surface area contributed by atoms with Crippen LogP contribution < -0.4 is 14.4 Å². The van der Waals surface area contributed by atoms with Crippen LogP contribution in [0.15, 0.2) is 78.9 Å². The Morgan fingerprint density at radius 1 is 0.886 bits per heavy atom. The zero-order valence-electron chi connectivity index (χ0n) is 20.1. The summed E-state index contributed by atoms with van der Waals surface area (Å²) in [7, 11) is 1.72. The molecule has 0 spiro atoms. The minimum atomic E-state index is -0.542. The van der Waals surface area contributed by atoms with E-state index in [1.165, 1.54) is 0 Å². The summed E-state index contributed by atoms with van der Waals surface area (Å²) in [6.07, 6.45) is 0.906. The SMILES string of the molecule is COc1ccccc1N1CCN(CCCOc2cccc(C(=O)OOCc3ccccc3)c2)CC1. The number of anilines is 1. The van der Waals surface area contributed by atoms with Gasteiger partial charge in [-0.3, -0.25) is 9.79 Å². The molecule has 3 aromatic rings. The van der Waals surface area contributed by atoms with Crippen LogP contribution in [0, 0.1) is 0 Å². The number of hydrogen-bond donors (Lipinski definition) is 0. The Hall–Kier alpha value is -3.55. The fraction of sp³-hybridized carbons (Fsp3) is 0.321. The molecule has 1 fully saturated rings. The van der Waals surface area contributed by atoms with Crippen molar-refractivity contribution in [3.8, 4) is 11.5 Å². The molecule has 3 aromatic carbocycles. The van der Waals surface area contributed by atoms with Crippen molar-refractivity contribution in [2.24, 2.45) is 0 Å². The van der Waals surface area contributed by atoms with Crippen molar-refractivity contribution in [3.63, 3.8) is 0 Å². The van der Waals surface area contributed by atoms with Gasteiger partial charge in [0.15, 0.2) is 0 Å². The van der Waals surface area contributed by atoms with Crippen molar-refractivity contribution < 1.29 is 24.0 Å². The van der Waals surface area contributed by atoms with Gasteiger partial charge in [-0.1, -0.05) is 48.5 Å². The van der Waals surface area contributed by atoms with E-state index in [1.54, 1.807) is 25.3 Å². The highest BCUT2D eigenvalue weighted by Crippen LogP contribution is 2.28. The minimum absolute atomic E-state index is 0.204. The van der Waals surface area contributed by atoms with E-state index in [-0.39, 0.29) is 6.61 Å². The smallest absolute Gasteiger partial charge is 0.373 e. The number of nitrogens with zero attached hydrogens (tertiary/aromatic N) is 2. The maximum Gasteiger partial charge on any atom is 0.373 e. The lowest BCUT2D eigenvalue weighted by Crippen LogP contribution is -2.46. The van der Waals surface area contributed by atoms with E-state index in [1.807, 2.05) is 54.6 Å². The van der Waals surface area contributed by atoms with Crippen LogP contribution in [0.2, 0.25) is 0 Å². The number of piperazine rings is 1. The number of ether oxygens (including phenoxy) is 2. The first-order valence-electron chi connectivity index (χ1n) is 11.9. The van der Waals surface area contributed by atoms with Crippen molar-refractivity contribution in [2.75, 3.05) is 51.3 Å². The molecule has 1 saturated heterocycles. The fourth-order valence-electron chi connectivity index (χ4n) is 4.07. The summed E-state index contributed by atoms with van der Waals surface area (Å²) in [5, 5.41) is 0. The third kappa shape index (κ3) is 7.21. The molecule has 1 aliphatic heterocycles. The number of methoxy groups -OCH3 is 1. The lowest BCUT2D eigenvalue weighted by atomic mass is 10.2. The average molecular weight is 477 g/mol. The van der Waals surface area contributed by atoms with E-state index < -0.39 is 5.97 Å². The molecule has 0 amide bonds. The Morgan fingerprint density at radius 3 is 2.46 bits per heavy atom. The number of para-hydroxylation sites is 2. The largest absolute Gasteiger partial charge is 0.495 e. The second-order valence-corrected chi connectivity index (χ2v) is 8.35. The van der Waals surface area contributed by atoms with Gasteiger partial charge in [-0.05, 0) is 42.3 Å². The molecule has 0 unspecified atom stereocenters. The van der Waals surface area contributed by atoms with Crippen LogP contribution >= 0.6 is 0 Å². The Morgan fingerprint density at radius 2 is 1.66 bits per heavy atom. The number of rotatable bonds is 11. The predicted molar refractivity (Wildman–Crippen MR) is 135 cm³/mol. The third-order valence-corrected chi connectivity index (χ3v) is 5.96. The highest BCUT2D eigenvalue weighted by Gasteiger charge is 2.19. The van der Waals surface area contributed by atoms with Gasteiger partial charge in [-0.2, -0.15) is 4.89 Å². The Balaban J connectivity index is 1.15. The zero-order valence-corrected chi connectivity index (χ0v) is 20.1. The van der Waals surface area contributed by atoms with Crippen molar-refractivity contribution >= 4 is 11.7 Å². The number of carbonyl (C=O) groups is 1. The quantitative estimate of drug-likeness (QED) is 0.228. The number of carbonyl (C=O) groups excluding carboxylic acids is 1. The van der Waals surface area contributed by atoms with Gasteiger partial charge in [-0.25, -0.2) is 4.79 Å². The van der Waals surface area contributed by atoms with Crippen LogP contribution in [0.3, 0.4) is 0 Å². The molecule has 1 heterocycles. The summed E-state index contributed by atoms with van der Waals surface area (Å²) in [5.74, 6) is 1.02. The summed E-state index contributed by atoms with van der Waals surface area (Å²) in [6.45, 7) is 5.70. The molecule has 7 nitrogen and oxygen atoms in total. The molecule has 0 radical (unpaired) electrons. The Labute approximate surface area is 206 Å². The molecular formula is C28H32N2O5. The van der Waals surface area contributed by atoms with Crippen LogP contribution in [0.5, 0.6) is 11.5 Å². The highest BCUT2D eigenvalue weighted by molar-refractivity contribution is 5.89. The molecule has 4 rings (SSSR count). The molecule has 0 N–H and O–H groups in total. The summed E-state index contributed by atoms with van der Waals surface area (Å²) in [6, 6.07) is 24.7. The van der Waals surface area contributed by atoms with Gasteiger partial charge in [0.25, 0.3) is 0 Å². The average Bonchev–Trinajstić information content (AvgIpc) is 2.92. The maximum atomic E-state index is 12.3. The van der Waals surface area contributed by atoms with Gasteiger partial charge in [0.2, 0.25) is 0 Å². The van der Waals surface area contributed by atoms with E-state index in [4.69, 9.17) is 19.2 Å². The molecule has 0 saturated carbocycles. The Kier molecular flexibility index (Phi) is 8.98. The Bertz CT molecular complexity index is 1070. The third-order valence-electron chi connectivity index (χ3n) is 5.96. The monoisotopic (exact) mass is 476 g/mol. The molecule has 0 bridgehead atoms. The van der Waals surface area contributed by atoms with E-state index in [0.717, 1.165) is 56.1 Å². The molecule has 0 aliphatic carbocycles. The van der Waals surface area contributed by atoms with Gasteiger partial charge in [0, 0.05) is 32.7 Å². The van der Waals surface area contributed by atoms with E-state index >= 15 is 0 Å². The highest BCUT2D eigenvalue weighted by atomic mass is 17.2. The summed E-state index contributed by atoms with van der Waals surface area (Å²) < 4.78 is 11.4. The van der Waals surface area contributed by atoms with Crippen LogP contribution in [0.1, 0.15) is 22.3 Å². The van der Waals surface area contributed by atoms with Crippen molar-refractivity contribution in [1.29, 1.82) is 0 Å². The molecule has 35 heavy (non-hydrogen) atoms. The van der Waals surface area contributed by atoms with Gasteiger partial charge < -0.3 is 14.4 Å². The number of hydrogen-bond acceptors (Lipinski definition) is 7. The first-order valence-corrected chi connectivity index (χ1v) is 11.9. The summed E-state index contributed by atoms with van der Waals surface area (Å²) >= 11 is 0. The molecule has 184 valence electrons. The van der Waals surface area contributed by atoms with Crippen LogP contribution in [-0.2, 0) is 16.4 Å². The van der Waals surface area contributed by atoms with E-state index in [2.05, 4.69) is 15.9 Å². The van der Waals surface area contributed by atoms with Crippen molar-refractivity contribution in [1.82, 2.24) is 4.90 Å². The van der Waals surface area contributed by atoms with Crippen LogP contribution in [0.4, 0.5) is 5.69 Å². The van der Waals surface area contributed by atoms with Gasteiger partial charge >= 0.3 is 5.97 Å². The molecule has 1 aliphatic rings. The minimum Gasteiger partial charge on any atom is -0.495 e.